The summed E-state index contributed by atoms with van der Waals surface area (Å²) < 4.78 is 0. The first kappa shape index (κ1) is 11.8. The molecule has 0 aliphatic carbocycles. The molecule has 2 aromatic heterocycles. The number of nitrogens with zero attached hydrogens (tertiary/aromatic N) is 1. The normalized spacial score (nSPS) is 10.8. The molecule has 0 saturated carbocycles. The van der Waals surface area contributed by atoms with E-state index >= 15 is 0 Å². The molecule has 1 N–H and O–H groups in total. The molecule has 2 rings (SSSR count). The summed E-state index contributed by atoms with van der Waals surface area (Å²) in [6, 6.07) is 4.19. The van der Waals surface area contributed by atoms with Gasteiger partial charge in [-0.25, -0.2) is 4.98 Å². The molecule has 0 unspecified atom stereocenters. The van der Waals surface area contributed by atoms with Crippen LogP contribution in [-0.4, -0.2) is 11.5 Å². The lowest BCUT2D eigenvalue weighted by Gasteiger charge is -1.99. The predicted molar refractivity (Wildman–Crippen MR) is 72.0 cm³/mol. The summed E-state index contributed by atoms with van der Waals surface area (Å²) in [5.41, 5.74) is 0. The van der Waals surface area contributed by atoms with Crippen LogP contribution in [0.3, 0.4) is 0 Å². The predicted octanol–water partition coefficient (Wildman–Crippen LogP) is 3.76. The van der Waals surface area contributed by atoms with E-state index in [0.717, 1.165) is 18.1 Å². The number of thiophene rings is 1. The van der Waals surface area contributed by atoms with Gasteiger partial charge in [0.2, 0.25) is 0 Å². The second kappa shape index (κ2) is 6.13. The molecule has 0 atom stereocenters. The fourth-order valence-corrected chi connectivity index (χ4v) is 3.10. The molecule has 0 spiro atoms. The Hall–Kier alpha value is -0.710. The first-order valence-corrected chi connectivity index (χ1v) is 7.29. The molecule has 0 aliphatic rings. The highest BCUT2D eigenvalue weighted by Gasteiger charge is 2.04. The highest BCUT2D eigenvalue weighted by atomic mass is 32.1. The maximum atomic E-state index is 4.45. The third-order valence-electron chi connectivity index (χ3n) is 2.29. The lowest BCUT2D eigenvalue weighted by Crippen LogP contribution is -2.13. The van der Waals surface area contributed by atoms with E-state index in [4.69, 9.17) is 0 Å². The Labute approximate surface area is 104 Å². The van der Waals surface area contributed by atoms with Crippen LogP contribution >= 0.6 is 22.7 Å². The smallest absolute Gasteiger partial charge is 0.133 e. The standard InChI is InChI=1S/C12H16N2S2/c1-2-3-6-13-8-10-9-14-12(16-10)11-5-4-7-15-11/h4-5,7,9,13H,2-3,6,8H2,1H3. The lowest BCUT2D eigenvalue weighted by molar-refractivity contribution is 0.645. The van der Waals surface area contributed by atoms with Gasteiger partial charge in [0.25, 0.3) is 0 Å². The minimum Gasteiger partial charge on any atom is -0.312 e. The van der Waals surface area contributed by atoms with Crippen molar-refractivity contribution in [2.24, 2.45) is 0 Å². The molecule has 2 heterocycles. The quantitative estimate of drug-likeness (QED) is 0.792. The number of nitrogens with one attached hydrogen (secondary N) is 1. The Morgan fingerprint density at radius 2 is 2.38 bits per heavy atom. The Morgan fingerprint density at radius 1 is 1.44 bits per heavy atom. The SMILES string of the molecule is CCCCNCc1cnc(-c2cccs2)s1. The monoisotopic (exact) mass is 252 g/mol. The Bertz CT molecular complexity index is 406. The van der Waals surface area contributed by atoms with E-state index in [1.807, 2.05) is 6.20 Å². The molecule has 0 aliphatic heterocycles. The summed E-state index contributed by atoms with van der Waals surface area (Å²) in [4.78, 5) is 7.03. The van der Waals surface area contributed by atoms with Gasteiger partial charge in [-0.1, -0.05) is 19.4 Å². The highest BCUT2D eigenvalue weighted by molar-refractivity contribution is 7.20. The van der Waals surface area contributed by atoms with Gasteiger partial charge >= 0.3 is 0 Å². The molecule has 2 aromatic rings. The van der Waals surface area contributed by atoms with Crippen LogP contribution in [0.2, 0.25) is 0 Å². The molecular weight excluding hydrogens is 236 g/mol. The van der Waals surface area contributed by atoms with Gasteiger partial charge in [0, 0.05) is 17.6 Å². The zero-order chi connectivity index (χ0) is 11.2. The van der Waals surface area contributed by atoms with E-state index in [0.29, 0.717) is 0 Å². The minimum atomic E-state index is 0.947. The van der Waals surface area contributed by atoms with Gasteiger partial charge in [0.15, 0.2) is 0 Å². The number of hydrogen-bond acceptors (Lipinski definition) is 4. The number of thiazole rings is 1. The maximum Gasteiger partial charge on any atom is 0.133 e. The zero-order valence-electron chi connectivity index (χ0n) is 9.40. The van der Waals surface area contributed by atoms with Crippen molar-refractivity contribution in [3.8, 4) is 9.88 Å². The van der Waals surface area contributed by atoms with Gasteiger partial charge < -0.3 is 5.32 Å². The minimum absolute atomic E-state index is 0.947. The molecule has 0 saturated heterocycles. The van der Waals surface area contributed by atoms with Crippen LogP contribution in [0.4, 0.5) is 0 Å². The number of unbranched alkanes of at least 4 members (excludes halogenated alkanes) is 1. The number of aromatic nitrogens is 1. The number of rotatable bonds is 6. The van der Waals surface area contributed by atoms with Gasteiger partial charge in [-0.15, -0.1) is 22.7 Å². The Morgan fingerprint density at radius 3 is 3.12 bits per heavy atom. The van der Waals surface area contributed by atoms with Crippen LogP contribution < -0.4 is 5.32 Å². The largest absolute Gasteiger partial charge is 0.312 e. The average molecular weight is 252 g/mol. The molecule has 86 valence electrons. The van der Waals surface area contributed by atoms with Gasteiger partial charge in [-0.2, -0.15) is 0 Å². The van der Waals surface area contributed by atoms with Crippen molar-refractivity contribution in [1.82, 2.24) is 10.3 Å². The van der Waals surface area contributed by atoms with Crippen LogP contribution in [0.1, 0.15) is 24.6 Å². The number of hydrogen-bond donors (Lipinski definition) is 1. The van der Waals surface area contributed by atoms with Gasteiger partial charge in [0.05, 0.1) is 4.88 Å². The molecule has 2 nitrogen and oxygen atoms in total. The van der Waals surface area contributed by atoms with Gasteiger partial charge in [-0.05, 0) is 24.4 Å². The molecule has 0 fully saturated rings. The first-order chi connectivity index (χ1) is 7.90. The van der Waals surface area contributed by atoms with E-state index < -0.39 is 0 Å². The molecule has 0 amide bonds. The lowest BCUT2D eigenvalue weighted by atomic mass is 10.3. The second-order valence-corrected chi connectivity index (χ2v) is 5.70. The first-order valence-electron chi connectivity index (χ1n) is 5.59. The van der Waals surface area contributed by atoms with Crippen molar-refractivity contribution in [2.45, 2.75) is 26.3 Å². The fraction of sp³-hybridized carbons (Fsp3) is 0.417. The molecule has 4 heteroatoms. The van der Waals surface area contributed by atoms with Crippen molar-refractivity contribution >= 4 is 22.7 Å². The van der Waals surface area contributed by atoms with E-state index in [-0.39, 0.29) is 0 Å². The van der Waals surface area contributed by atoms with E-state index in [2.05, 4.69) is 34.7 Å². The van der Waals surface area contributed by atoms with E-state index in [1.165, 1.54) is 22.6 Å². The summed E-state index contributed by atoms with van der Waals surface area (Å²) >= 11 is 3.53. The topological polar surface area (TPSA) is 24.9 Å². The van der Waals surface area contributed by atoms with Gasteiger partial charge in [0.1, 0.15) is 5.01 Å². The summed E-state index contributed by atoms with van der Waals surface area (Å²) in [5, 5.41) is 6.67. The Balaban J connectivity index is 1.88. The van der Waals surface area contributed by atoms with Crippen molar-refractivity contribution in [3.63, 3.8) is 0 Å². The van der Waals surface area contributed by atoms with Crippen LogP contribution in [0.5, 0.6) is 0 Å². The molecular formula is C12H16N2S2. The van der Waals surface area contributed by atoms with Crippen molar-refractivity contribution < 1.29 is 0 Å². The van der Waals surface area contributed by atoms with Gasteiger partial charge in [-0.3, -0.25) is 0 Å². The maximum absolute atomic E-state index is 4.45. The average Bonchev–Trinajstić information content (AvgIpc) is 2.94. The molecule has 0 aromatic carbocycles. The third kappa shape index (κ3) is 3.14. The summed E-state index contributed by atoms with van der Waals surface area (Å²) in [7, 11) is 0. The summed E-state index contributed by atoms with van der Waals surface area (Å²) in [6.45, 7) is 4.26. The van der Waals surface area contributed by atoms with Crippen molar-refractivity contribution in [2.75, 3.05) is 6.54 Å². The van der Waals surface area contributed by atoms with Crippen LogP contribution in [-0.2, 0) is 6.54 Å². The van der Waals surface area contributed by atoms with Crippen molar-refractivity contribution in [3.05, 3.63) is 28.6 Å². The molecule has 16 heavy (non-hydrogen) atoms. The van der Waals surface area contributed by atoms with Crippen molar-refractivity contribution in [1.29, 1.82) is 0 Å². The molecule has 0 bridgehead atoms. The second-order valence-electron chi connectivity index (χ2n) is 3.64. The van der Waals surface area contributed by atoms with E-state index in [9.17, 15) is 0 Å². The Kier molecular flexibility index (Phi) is 4.51. The van der Waals surface area contributed by atoms with E-state index in [1.54, 1.807) is 22.7 Å². The summed E-state index contributed by atoms with van der Waals surface area (Å²) in [6.07, 6.45) is 4.48. The fourth-order valence-electron chi connectivity index (χ4n) is 1.42. The molecule has 0 radical (unpaired) electrons. The highest BCUT2D eigenvalue weighted by Crippen LogP contribution is 2.28. The zero-order valence-corrected chi connectivity index (χ0v) is 11.0. The summed E-state index contributed by atoms with van der Waals surface area (Å²) in [5.74, 6) is 0. The third-order valence-corrected chi connectivity index (χ3v) is 4.33. The van der Waals surface area contributed by atoms with Crippen LogP contribution in [0, 0.1) is 0 Å². The van der Waals surface area contributed by atoms with Crippen LogP contribution in [0.25, 0.3) is 9.88 Å². The van der Waals surface area contributed by atoms with Crippen LogP contribution in [0.15, 0.2) is 23.7 Å².